The Kier molecular flexibility index (Phi) is 5.84. The van der Waals surface area contributed by atoms with E-state index in [4.69, 9.17) is 9.47 Å². The minimum atomic E-state index is -1.22. The summed E-state index contributed by atoms with van der Waals surface area (Å²) in [6.07, 6.45) is 1.17. The second kappa shape index (κ2) is 8.72. The Hall–Kier alpha value is -3.31. The lowest BCUT2D eigenvalue weighted by atomic mass is 9.96. The first-order valence-corrected chi connectivity index (χ1v) is 11.7. The first kappa shape index (κ1) is 23.4. The van der Waals surface area contributed by atoms with Crippen LogP contribution in [0.5, 0.6) is 0 Å². The first-order valence-electron chi connectivity index (χ1n) is 11.7. The molecule has 1 spiro atoms. The number of ether oxygens (including phenoxy) is 2. The largest absolute Gasteiger partial charge is 0.350 e. The molecule has 2 aromatic rings. The molecule has 3 aliphatic heterocycles. The number of halogens is 1. The van der Waals surface area contributed by atoms with Crippen LogP contribution < -0.4 is 5.32 Å². The summed E-state index contributed by atoms with van der Waals surface area (Å²) in [5.41, 5.74) is -0.0551. The normalized spacial score (nSPS) is 23.5. The summed E-state index contributed by atoms with van der Waals surface area (Å²) in [7, 11) is 1.56. The fourth-order valence-corrected chi connectivity index (χ4v) is 4.80. The van der Waals surface area contributed by atoms with Crippen molar-refractivity contribution in [3.63, 3.8) is 0 Å². The number of aromatic nitrogens is 2. The van der Waals surface area contributed by atoms with Crippen LogP contribution >= 0.6 is 0 Å². The number of hydrogen-bond donors (Lipinski definition) is 1. The van der Waals surface area contributed by atoms with Crippen LogP contribution in [-0.4, -0.2) is 82.0 Å². The summed E-state index contributed by atoms with van der Waals surface area (Å²) in [5, 5.41) is 7.22. The Bertz CT molecular complexity index is 1150. The van der Waals surface area contributed by atoms with Gasteiger partial charge >= 0.3 is 0 Å². The van der Waals surface area contributed by atoms with E-state index in [0.29, 0.717) is 39.1 Å². The maximum atomic E-state index is 13.1. The van der Waals surface area contributed by atoms with E-state index < -0.39 is 17.2 Å². The molecule has 35 heavy (non-hydrogen) atoms. The lowest BCUT2D eigenvalue weighted by molar-refractivity contribution is -0.181. The molecule has 3 aliphatic rings. The Morgan fingerprint density at radius 3 is 2.46 bits per heavy atom. The number of nitrogens with one attached hydrogen (secondary N) is 1. The first-order chi connectivity index (χ1) is 16.7. The molecule has 0 saturated carbocycles. The quantitative estimate of drug-likeness (QED) is 0.697. The molecule has 3 amide bonds. The summed E-state index contributed by atoms with van der Waals surface area (Å²) < 4.78 is 26.0. The molecule has 11 heteroatoms. The maximum Gasteiger partial charge on any atom is 0.274 e. The molecule has 2 fully saturated rings. The lowest BCUT2D eigenvalue weighted by Gasteiger charge is -2.40. The number of likely N-dealkylation sites (tertiary alicyclic amines) is 1. The summed E-state index contributed by atoms with van der Waals surface area (Å²) in [4.78, 5) is 42.4. The van der Waals surface area contributed by atoms with Gasteiger partial charge in [-0.25, -0.2) is 4.39 Å². The van der Waals surface area contributed by atoms with Crippen molar-refractivity contribution in [2.24, 2.45) is 0 Å². The zero-order valence-corrected chi connectivity index (χ0v) is 19.8. The number of hydrogen-bond acceptors (Lipinski definition) is 6. The highest BCUT2D eigenvalue weighted by Crippen LogP contribution is 2.32. The van der Waals surface area contributed by atoms with Gasteiger partial charge in [-0.05, 0) is 24.6 Å². The van der Waals surface area contributed by atoms with Crippen molar-refractivity contribution in [1.29, 1.82) is 0 Å². The fraction of sp³-hybridized carbons (Fsp3) is 0.500. The van der Waals surface area contributed by atoms with Gasteiger partial charge in [-0.2, -0.15) is 5.10 Å². The number of benzene rings is 1. The molecule has 2 saturated heterocycles. The number of likely N-dealkylation sites (N-methyl/N-ethyl adjacent to an activating group) is 1. The number of carbonyl (C=O) groups is 3. The molecule has 5 rings (SSSR count). The molecule has 0 bridgehead atoms. The molecule has 10 nitrogen and oxygen atoms in total. The van der Waals surface area contributed by atoms with Gasteiger partial charge in [0.1, 0.15) is 17.1 Å². The molecule has 0 radical (unpaired) electrons. The van der Waals surface area contributed by atoms with Crippen molar-refractivity contribution < 1.29 is 28.2 Å². The predicted molar refractivity (Wildman–Crippen MR) is 121 cm³/mol. The topological polar surface area (TPSA) is 106 Å². The van der Waals surface area contributed by atoms with Crippen LogP contribution in [0.1, 0.15) is 46.3 Å². The Balaban J connectivity index is 1.28. The molecule has 4 heterocycles. The number of amides is 3. The van der Waals surface area contributed by atoms with E-state index in [1.807, 2.05) is 0 Å². The van der Waals surface area contributed by atoms with Crippen LogP contribution in [0.25, 0.3) is 0 Å². The fourth-order valence-electron chi connectivity index (χ4n) is 4.80. The maximum absolute atomic E-state index is 13.1. The van der Waals surface area contributed by atoms with Crippen LogP contribution in [0.15, 0.2) is 30.3 Å². The SMILES string of the molecule is CN1C(=O)c2cc(C(=O)N3CCC4(CC3)OCCO4)nn2CC1(C)C(=O)NCc1ccc(F)cc1. The van der Waals surface area contributed by atoms with Crippen molar-refractivity contribution in [1.82, 2.24) is 24.9 Å². The second-order valence-electron chi connectivity index (χ2n) is 9.42. The third-order valence-electron chi connectivity index (χ3n) is 7.20. The summed E-state index contributed by atoms with van der Waals surface area (Å²) in [6.45, 7) is 4.01. The summed E-state index contributed by atoms with van der Waals surface area (Å²) >= 11 is 0. The lowest BCUT2D eigenvalue weighted by Crippen LogP contribution is -2.62. The minimum Gasteiger partial charge on any atom is -0.350 e. The average Bonchev–Trinajstić information content (AvgIpc) is 3.49. The molecule has 186 valence electrons. The molecule has 0 aliphatic carbocycles. The predicted octanol–water partition coefficient (Wildman–Crippen LogP) is 1.16. The molecule has 1 aromatic carbocycles. The van der Waals surface area contributed by atoms with Crippen molar-refractivity contribution in [3.05, 3.63) is 53.1 Å². The summed E-state index contributed by atoms with van der Waals surface area (Å²) in [5.74, 6) is -1.98. The zero-order valence-electron chi connectivity index (χ0n) is 19.8. The monoisotopic (exact) mass is 485 g/mol. The Morgan fingerprint density at radius 1 is 1.14 bits per heavy atom. The third-order valence-corrected chi connectivity index (χ3v) is 7.20. The van der Waals surface area contributed by atoms with E-state index in [9.17, 15) is 18.8 Å². The third kappa shape index (κ3) is 4.19. The van der Waals surface area contributed by atoms with E-state index in [1.54, 1.807) is 31.0 Å². The highest BCUT2D eigenvalue weighted by atomic mass is 19.1. The molecule has 1 unspecified atom stereocenters. The molecule has 1 aromatic heterocycles. The van der Waals surface area contributed by atoms with Crippen molar-refractivity contribution in [2.75, 3.05) is 33.4 Å². The van der Waals surface area contributed by atoms with Gasteiger partial charge in [0.05, 0.1) is 19.8 Å². The number of nitrogens with zero attached hydrogens (tertiary/aromatic N) is 4. The van der Waals surface area contributed by atoms with Gasteiger partial charge in [-0.3, -0.25) is 19.1 Å². The van der Waals surface area contributed by atoms with Gasteiger partial charge in [-0.1, -0.05) is 12.1 Å². The number of carbonyl (C=O) groups excluding carboxylic acids is 3. The minimum absolute atomic E-state index is 0.0951. The van der Waals surface area contributed by atoms with E-state index in [0.717, 1.165) is 5.56 Å². The zero-order chi connectivity index (χ0) is 24.8. The van der Waals surface area contributed by atoms with Crippen molar-refractivity contribution >= 4 is 17.7 Å². The van der Waals surface area contributed by atoms with Gasteiger partial charge in [0, 0.05) is 45.6 Å². The molecule has 1 N–H and O–H groups in total. The number of piperidine rings is 1. The van der Waals surface area contributed by atoms with E-state index in [2.05, 4.69) is 10.4 Å². The van der Waals surface area contributed by atoms with Gasteiger partial charge in [0.15, 0.2) is 11.5 Å². The highest BCUT2D eigenvalue weighted by Gasteiger charge is 2.47. The Labute approximate surface area is 201 Å². The number of rotatable bonds is 4. The molecule has 1 atom stereocenters. The smallest absolute Gasteiger partial charge is 0.274 e. The van der Waals surface area contributed by atoms with Crippen LogP contribution in [0.3, 0.4) is 0 Å². The van der Waals surface area contributed by atoms with Gasteiger partial charge in [0.2, 0.25) is 5.91 Å². The van der Waals surface area contributed by atoms with Crippen LogP contribution in [-0.2, 0) is 27.4 Å². The Morgan fingerprint density at radius 2 is 1.80 bits per heavy atom. The standard InChI is InChI=1S/C24H28FN5O5/c1-23(22(33)26-14-16-3-5-17(25)6-4-16)15-30-19(21(32)28(23)2)13-18(27-30)20(31)29-9-7-24(8-10-29)34-11-12-35-24/h3-6,13H,7-12,14-15H2,1-2H3,(H,26,33). The highest BCUT2D eigenvalue weighted by molar-refractivity contribution is 6.01. The van der Waals surface area contributed by atoms with Gasteiger partial charge in [-0.15, -0.1) is 0 Å². The van der Waals surface area contributed by atoms with E-state index >= 15 is 0 Å². The van der Waals surface area contributed by atoms with Gasteiger partial charge < -0.3 is 24.6 Å². The van der Waals surface area contributed by atoms with E-state index in [1.165, 1.54) is 27.8 Å². The second-order valence-corrected chi connectivity index (χ2v) is 9.42. The van der Waals surface area contributed by atoms with Crippen LogP contribution in [0.4, 0.5) is 4.39 Å². The van der Waals surface area contributed by atoms with Crippen molar-refractivity contribution in [3.8, 4) is 0 Å². The van der Waals surface area contributed by atoms with E-state index in [-0.39, 0.29) is 42.1 Å². The molecular formula is C24H28FN5O5. The van der Waals surface area contributed by atoms with Crippen LogP contribution in [0, 0.1) is 5.82 Å². The molecular weight excluding hydrogens is 457 g/mol. The van der Waals surface area contributed by atoms with Crippen LogP contribution in [0.2, 0.25) is 0 Å². The van der Waals surface area contributed by atoms with Gasteiger partial charge in [0.25, 0.3) is 11.8 Å². The summed E-state index contributed by atoms with van der Waals surface area (Å²) in [6, 6.07) is 7.31. The van der Waals surface area contributed by atoms with Crippen molar-refractivity contribution in [2.45, 2.75) is 44.2 Å². The average molecular weight is 486 g/mol. The number of fused-ring (bicyclic) bond motifs is 1.